The molecule has 0 spiro atoms. The van der Waals surface area contributed by atoms with Crippen molar-refractivity contribution in [3.63, 3.8) is 0 Å². The monoisotopic (exact) mass is 420 g/mol. The average Bonchev–Trinajstić information content (AvgIpc) is 3.37. The van der Waals surface area contributed by atoms with Gasteiger partial charge in [-0.1, -0.05) is 0 Å². The van der Waals surface area contributed by atoms with Crippen molar-refractivity contribution in [2.45, 2.75) is 30.0 Å². The Bertz CT molecular complexity index is 891. The molecule has 3 aromatic carbocycles. The first kappa shape index (κ1) is 18.2. The predicted molar refractivity (Wildman–Crippen MR) is 113 cm³/mol. The van der Waals surface area contributed by atoms with E-state index in [9.17, 15) is 4.79 Å². The molecule has 27 heavy (non-hydrogen) atoms. The summed E-state index contributed by atoms with van der Waals surface area (Å²) < 4.78 is 1.04. The molecule has 0 heterocycles. The first-order chi connectivity index (χ1) is 13.3. The molecular weight excluding hydrogens is 395 g/mol. The SMILES string of the molecule is CCC[C@H]1[C@@H](c2ccccc2)[C@]1([Se]c1ccccc1)C(=O)c1ccccc1. The quantitative estimate of drug-likeness (QED) is 0.377. The Morgan fingerprint density at radius 3 is 2.00 bits per heavy atom. The van der Waals surface area contributed by atoms with Gasteiger partial charge in [0.15, 0.2) is 0 Å². The van der Waals surface area contributed by atoms with Gasteiger partial charge in [0, 0.05) is 0 Å². The Morgan fingerprint density at radius 2 is 1.41 bits per heavy atom. The zero-order valence-electron chi connectivity index (χ0n) is 15.5. The van der Waals surface area contributed by atoms with Crippen molar-refractivity contribution in [2.75, 3.05) is 0 Å². The van der Waals surface area contributed by atoms with Gasteiger partial charge in [0.25, 0.3) is 0 Å². The number of hydrogen-bond donors (Lipinski definition) is 0. The molecular formula is C25H24OSe. The Kier molecular flexibility index (Phi) is 5.29. The molecule has 4 rings (SSSR count). The van der Waals surface area contributed by atoms with Gasteiger partial charge >= 0.3 is 168 Å². The van der Waals surface area contributed by atoms with Crippen LogP contribution in [0.4, 0.5) is 0 Å². The molecule has 0 unspecified atom stereocenters. The summed E-state index contributed by atoms with van der Waals surface area (Å²) in [6, 6.07) is 31.2. The molecule has 1 aliphatic carbocycles. The molecule has 1 fully saturated rings. The fourth-order valence-electron chi connectivity index (χ4n) is 4.26. The summed E-state index contributed by atoms with van der Waals surface area (Å²) in [5.74, 6) is 1.09. The van der Waals surface area contributed by atoms with Crippen LogP contribution in [0.25, 0.3) is 0 Å². The molecule has 0 radical (unpaired) electrons. The summed E-state index contributed by atoms with van der Waals surface area (Å²) in [6.07, 6.45) is 2.22. The van der Waals surface area contributed by atoms with Crippen molar-refractivity contribution < 1.29 is 4.79 Å². The predicted octanol–water partition coefficient (Wildman–Crippen LogP) is 5.27. The van der Waals surface area contributed by atoms with Crippen molar-refractivity contribution in [1.82, 2.24) is 0 Å². The van der Waals surface area contributed by atoms with Gasteiger partial charge in [-0.05, 0) is 0 Å². The van der Waals surface area contributed by atoms with Crippen LogP contribution in [0.2, 0.25) is 4.31 Å². The zero-order chi connectivity index (χ0) is 18.7. The standard InChI is InChI=1S/C25H24OSe/c1-2-12-22-23(19-13-6-3-7-14-19)25(22,27-21-17-10-5-11-18-21)24(26)20-15-8-4-9-16-20/h3-11,13-18,22-23H,2,12H2,1H3/t22-,23+,25-/m0/s1. The van der Waals surface area contributed by atoms with Crippen molar-refractivity contribution >= 4 is 25.2 Å². The number of carbonyl (C=O) groups is 1. The summed E-state index contributed by atoms with van der Waals surface area (Å²) in [4.78, 5) is 13.8. The molecule has 0 amide bonds. The van der Waals surface area contributed by atoms with Crippen LogP contribution in [0, 0.1) is 5.92 Å². The molecule has 0 N–H and O–H groups in total. The minimum atomic E-state index is -0.271. The first-order valence-electron chi connectivity index (χ1n) is 9.66. The summed E-state index contributed by atoms with van der Waals surface area (Å²) in [6.45, 7) is 2.23. The Morgan fingerprint density at radius 1 is 0.852 bits per heavy atom. The molecule has 1 nitrogen and oxygen atoms in total. The second-order valence-electron chi connectivity index (χ2n) is 7.19. The molecule has 0 saturated heterocycles. The number of rotatable bonds is 7. The summed E-state index contributed by atoms with van der Waals surface area (Å²) >= 11 is 0.0987. The fourth-order valence-corrected chi connectivity index (χ4v) is 7.74. The van der Waals surface area contributed by atoms with Crippen molar-refractivity contribution in [2.24, 2.45) is 5.92 Å². The molecule has 0 aromatic heterocycles. The van der Waals surface area contributed by atoms with Crippen LogP contribution in [0.15, 0.2) is 91.0 Å². The van der Waals surface area contributed by atoms with Crippen LogP contribution < -0.4 is 4.46 Å². The number of Topliss-reactive ketones (excluding diaryl/α,β-unsaturated/α-hetero) is 1. The molecule has 0 aliphatic heterocycles. The van der Waals surface area contributed by atoms with E-state index < -0.39 is 0 Å². The first-order valence-corrected chi connectivity index (χ1v) is 11.4. The van der Waals surface area contributed by atoms with E-state index in [0.29, 0.717) is 17.6 Å². The van der Waals surface area contributed by atoms with Gasteiger partial charge in [0.05, 0.1) is 0 Å². The number of carbonyl (C=O) groups excluding carboxylic acids is 1. The van der Waals surface area contributed by atoms with Gasteiger partial charge in [-0.2, -0.15) is 0 Å². The van der Waals surface area contributed by atoms with Crippen molar-refractivity contribution in [3.05, 3.63) is 102 Å². The van der Waals surface area contributed by atoms with Crippen LogP contribution in [0.3, 0.4) is 0 Å². The summed E-state index contributed by atoms with van der Waals surface area (Å²) in [5, 5.41) is 0. The summed E-state index contributed by atoms with van der Waals surface area (Å²) in [7, 11) is 0. The van der Waals surface area contributed by atoms with Gasteiger partial charge < -0.3 is 0 Å². The van der Waals surface area contributed by atoms with E-state index in [1.54, 1.807) is 0 Å². The third-order valence-corrected chi connectivity index (χ3v) is 8.82. The van der Waals surface area contributed by atoms with Crippen LogP contribution >= 0.6 is 0 Å². The third kappa shape index (κ3) is 3.40. The van der Waals surface area contributed by atoms with Gasteiger partial charge in [-0.3, -0.25) is 0 Å². The molecule has 136 valence electrons. The number of hydrogen-bond acceptors (Lipinski definition) is 1. The van der Waals surface area contributed by atoms with Gasteiger partial charge in [0.1, 0.15) is 0 Å². The molecule has 1 aliphatic rings. The Hall–Kier alpha value is -2.15. The van der Waals surface area contributed by atoms with Gasteiger partial charge in [-0.25, -0.2) is 0 Å². The number of benzene rings is 3. The maximum atomic E-state index is 13.8. The van der Waals surface area contributed by atoms with E-state index in [-0.39, 0.29) is 19.3 Å². The van der Waals surface area contributed by atoms with Crippen molar-refractivity contribution in [3.8, 4) is 0 Å². The van der Waals surface area contributed by atoms with E-state index in [1.165, 1.54) is 10.0 Å². The fraction of sp³-hybridized carbons (Fsp3) is 0.240. The molecule has 2 heteroatoms. The molecule has 3 atom stereocenters. The Labute approximate surface area is 168 Å². The van der Waals surface area contributed by atoms with E-state index in [0.717, 1.165) is 18.4 Å². The van der Waals surface area contributed by atoms with Crippen LogP contribution in [-0.4, -0.2) is 20.7 Å². The van der Waals surface area contributed by atoms with E-state index in [2.05, 4.69) is 67.6 Å². The van der Waals surface area contributed by atoms with Crippen molar-refractivity contribution in [1.29, 1.82) is 0 Å². The molecule has 3 aromatic rings. The molecule has 1 saturated carbocycles. The maximum absolute atomic E-state index is 13.8. The van der Waals surface area contributed by atoms with Crippen LogP contribution in [-0.2, 0) is 0 Å². The topological polar surface area (TPSA) is 17.1 Å². The summed E-state index contributed by atoms with van der Waals surface area (Å²) in [5.41, 5.74) is 2.17. The third-order valence-electron chi connectivity index (χ3n) is 5.49. The Balaban J connectivity index is 1.79. The normalized spacial score (nSPS) is 23.7. The van der Waals surface area contributed by atoms with E-state index in [1.807, 2.05) is 30.3 Å². The van der Waals surface area contributed by atoms with Gasteiger partial charge in [0.2, 0.25) is 0 Å². The molecule has 0 bridgehead atoms. The second-order valence-corrected chi connectivity index (χ2v) is 10.0. The van der Waals surface area contributed by atoms with Crippen LogP contribution in [0.1, 0.15) is 41.6 Å². The van der Waals surface area contributed by atoms with E-state index >= 15 is 0 Å². The minimum absolute atomic E-state index is 0.0987. The van der Waals surface area contributed by atoms with Gasteiger partial charge in [-0.15, -0.1) is 0 Å². The van der Waals surface area contributed by atoms with Crippen LogP contribution in [0.5, 0.6) is 0 Å². The number of ketones is 1. The average molecular weight is 419 g/mol. The van der Waals surface area contributed by atoms with E-state index in [4.69, 9.17) is 0 Å². The zero-order valence-corrected chi connectivity index (χ0v) is 17.3. The second kappa shape index (κ2) is 7.84.